The number of aromatic nitrogens is 1. The number of hydrogen-bond donors (Lipinski definition) is 0. The molecule has 0 aliphatic rings. The van der Waals surface area contributed by atoms with E-state index in [0.717, 1.165) is 24.4 Å². The zero-order valence-corrected chi connectivity index (χ0v) is 13.5. The number of nitrogens with zero attached hydrogens (tertiary/aromatic N) is 1. The lowest BCUT2D eigenvalue weighted by Gasteiger charge is -2.15. The van der Waals surface area contributed by atoms with Crippen molar-refractivity contribution in [2.24, 2.45) is 0 Å². The molecule has 2 rings (SSSR count). The van der Waals surface area contributed by atoms with Gasteiger partial charge in [-0.1, -0.05) is 0 Å². The molecule has 1 heterocycles. The number of alkyl halides is 2. The third kappa shape index (κ3) is 3.03. The standard InChI is InChI=1S/C13H6BrF3INO/c14-7-1-4-11(19-6-7)13(16,17)12(20)9-3-2-8(18)5-10(9)15/h1-6H. The quantitative estimate of drug-likeness (QED) is 0.501. The number of Topliss-reactive ketones (excluding diaryl/α,β-unsaturated/α-hetero) is 1. The van der Waals surface area contributed by atoms with Crippen LogP contribution in [0.15, 0.2) is 41.0 Å². The Bertz CT molecular complexity index is 661. The molecule has 0 spiro atoms. The Morgan fingerprint density at radius 3 is 2.50 bits per heavy atom. The second-order valence-electron chi connectivity index (χ2n) is 3.89. The van der Waals surface area contributed by atoms with Crippen molar-refractivity contribution < 1.29 is 18.0 Å². The van der Waals surface area contributed by atoms with Crippen LogP contribution in [0, 0.1) is 9.39 Å². The highest BCUT2D eigenvalue weighted by Crippen LogP contribution is 2.32. The number of pyridine rings is 1. The lowest BCUT2D eigenvalue weighted by Crippen LogP contribution is -2.28. The van der Waals surface area contributed by atoms with Gasteiger partial charge in [0, 0.05) is 14.2 Å². The molecule has 0 aliphatic heterocycles. The Morgan fingerprint density at radius 2 is 1.95 bits per heavy atom. The molecule has 0 atom stereocenters. The van der Waals surface area contributed by atoms with Gasteiger partial charge >= 0.3 is 5.92 Å². The Hall–Kier alpha value is -0.960. The second-order valence-corrected chi connectivity index (χ2v) is 6.05. The van der Waals surface area contributed by atoms with E-state index in [-0.39, 0.29) is 0 Å². The number of carbonyl (C=O) groups excluding carboxylic acids is 1. The van der Waals surface area contributed by atoms with Crippen molar-refractivity contribution >= 4 is 44.3 Å². The highest BCUT2D eigenvalue weighted by molar-refractivity contribution is 14.1. The molecule has 0 N–H and O–H groups in total. The summed E-state index contributed by atoms with van der Waals surface area (Å²) in [6.07, 6.45) is 1.15. The number of hydrogen-bond acceptors (Lipinski definition) is 2. The average molecular weight is 456 g/mol. The third-order valence-electron chi connectivity index (χ3n) is 2.51. The first-order chi connectivity index (χ1) is 9.32. The molecule has 0 radical (unpaired) electrons. The fraction of sp³-hybridized carbons (Fsp3) is 0.0769. The molecule has 7 heteroatoms. The van der Waals surface area contributed by atoms with Gasteiger partial charge in [0.1, 0.15) is 11.5 Å². The lowest BCUT2D eigenvalue weighted by molar-refractivity contribution is 0.00426. The van der Waals surface area contributed by atoms with Crippen molar-refractivity contribution in [2.75, 3.05) is 0 Å². The maximum Gasteiger partial charge on any atom is 0.351 e. The summed E-state index contributed by atoms with van der Waals surface area (Å²) in [5, 5.41) is 0. The minimum atomic E-state index is -3.88. The van der Waals surface area contributed by atoms with Crippen LogP contribution in [-0.2, 0) is 5.92 Å². The van der Waals surface area contributed by atoms with Crippen LogP contribution in [0.25, 0.3) is 0 Å². The SMILES string of the molecule is O=C(c1ccc(I)cc1F)C(F)(F)c1ccc(Br)cn1. The first-order valence-corrected chi connectivity index (χ1v) is 7.19. The average Bonchev–Trinajstić information content (AvgIpc) is 2.38. The molecule has 1 aromatic carbocycles. The van der Waals surface area contributed by atoms with E-state index in [1.54, 1.807) is 0 Å². The molecule has 0 saturated heterocycles. The summed E-state index contributed by atoms with van der Waals surface area (Å²) in [6, 6.07) is 5.83. The number of rotatable bonds is 3. The number of carbonyl (C=O) groups is 1. The van der Waals surface area contributed by atoms with Crippen LogP contribution in [0.2, 0.25) is 0 Å². The van der Waals surface area contributed by atoms with Gasteiger partial charge in [-0.2, -0.15) is 8.78 Å². The smallest absolute Gasteiger partial charge is 0.287 e. The molecule has 20 heavy (non-hydrogen) atoms. The van der Waals surface area contributed by atoms with Crippen molar-refractivity contribution in [1.29, 1.82) is 0 Å². The minimum absolute atomic E-state index is 0.505. The first-order valence-electron chi connectivity index (χ1n) is 5.32. The van der Waals surface area contributed by atoms with Crippen LogP contribution in [0.4, 0.5) is 13.2 Å². The van der Waals surface area contributed by atoms with Crippen molar-refractivity contribution in [2.45, 2.75) is 5.92 Å². The molecule has 0 bridgehead atoms. The van der Waals surface area contributed by atoms with Gasteiger partial charge in [0.15, 0.2) is 0 Å². The van der Waals surface area contributed by atoms with Crippen molar-refractivity contribution in [3.8, 4) is 0 Å². The number of halogens is 5. The van der Waals surface area contributed by atoms with Crippen molar-refractivity contribution in [1.82, 2.24) is 4.98 Å². The maximum atomic E-state index is 14.1. The Balaban J connectivity index is 2.42. The Labute approximate surface area is 134 Å². The summed E-state index contributed by atoms with van der Waals surface area (Å²) in [6.45, 7) is 0. The normalized spacial score (nSPS) is 11.4. The molecule has 0 saturated carbocycles. The summed E-state index contributed by atoms with van der Waals surface area (Å²) in [4.78, 5) is 15.3. The molecule has 0 aliphatic carbocycles. The maximum absolute atomic E-state index is 14.1. The number of ketones is 1. The summed E-state index contributed by atoms with van der Waals surface area (Å²) >= 11 is 4.89. The third-order valence-corrected chi connectivity index (χ3v) is 3.65. The van der Waals surface area contributed by atoms with Gasteiger partial charge in [-0.05, 0) is 68.9 Å². The van der Waals surface area contributed by atoms with Crippen LogP contribution >= 0.6 is 38.5 Å². The van der Waals surface area contributed by atoms with E-state index in [1.807, 2.05) is 22.6 Å². The summed E-state index contributed by atoms with van der Waals surface area (Å²) < 4.78 is 42.7. The molecule has 2 nitrogen and oxygen atoms in total. The zero-order valence-electron chi connectivity index (χ0n) is 9.71. The fourth-order valence-electron chi connectivity index (χ4n) is 1.52. The fourth-order valence-corrected chi connectivity index (χ4v) is 2.21. The summed E-state index contributed by atoms with van der Waals surface area (Å²) in [5.41, 5.74) is -1.37. The van der Waals surface area contributed by atoms with E-state index in [1.165, 1.54) is 12.1 Å². The first kappa shape index (κ1) is 15.4. The highest BCUT2D eigenvalue weighted by Gasteiger charge is 2.43. The van der Waals surface area contributed by atoms with Crippen molar-refractivity contribution in [3.63, 3.8) is 0 Å². The second kappa shape index (κ2) is 5.80. The largest absolute Gasteiger partial charge is 0.351 e. The minimum Gasteiger partial charge on any atom is -0.287 e. The predicted octanol–water partition coefficient (Wildman–Crippen LogP) is 4.56. The van der Waals surface area contributed by atoms with E-state index >= 15 is 0 Å². The van der Waals surface area contributed by atoms with Crippen LogP contribution in [0.3, 0.4) is 0 Å². The Kier molecular flexibility index (Phi) is 4.48. The van der Waals surface area contributed by atoms with E-state index in [4.69, 9.17) is 0 Å². The van der Waals surface area contributed by atoms with Gasteiger partial charge in [0.2, 0.25) is 5.78 Å². The van der Waals surface area contributed by atoms with Gasteiger partial charge in [-0.25, -0.2) is 4.39 Å². The summed E-state index contributed by atoms with van der Waals surface area (Å²) in [7, 11) is 0. The molecular weight excluding hydrogens is 450 g/mol. The molecule has 2 aromatic rings. The monoisotopic (exact) mass is 455 g/mol. The molecule has 1 aromatic heterocycles. The van der Waals surface area contributed by atoms with E-state index in [0.29, 0.717) is 8.04 Å². The molecule has 0 amide bonds. The molecule has 0 unspecified atom stereocenters. The van der Waals surface area contributed by atoms with E-state index < -0.39 is 28.8 Å². The Morgan fingerprint density at radius 1 is 1.25 bits per heavy atom. The van der Waals surface area contributed by atoms with E-state index in [2.05, 4.69) is 20.9 Å². The molecule has 104 valence electrons. The molecule has 0 fully saturated rings. The van der Waals surface area contributed by atoms with Gasteiger partial charge in [-0.3, -0.25) is 9.78 Å². The predicted molar refractivity (Wildman–Crippen MR) is 79.3 cm³/mol. The summed E-state index contributed by atoms with van der Waals surface area (Å²) in [5.74, 6) is -6.46. The van der Waals surface area contributed by atoms with Gasteiger partial charge in [-0.15, -0.1) is 0 Å². The topological polar surface area (TPSA) is 30.0 Å². The van der Waals surface area contributed by atoms with Crippen LogP contribution < -0.4 is 0 Å². The van der Waals surface area contributed by atoms with Crippen molar-refractivity contribution in [3.05, 3.63) is 61.6 Å². The van der Waals surface area contributed by atoms with Gasteiger partial charge in [0.25, 0.3) is 0 Å². The van der Waals surface area contributed by atoms with Crippen LogP contribution in [0.5, 0.6) is 0 Å². The van der Waals surface area contributed by atoms with Crippen LogP contribution in [-0.4, -0.2) is 10.8 Å². The lowest BCUT2D eigenvalue weighted by atomic mass is 10.0. The number of benzene rings is 1. The molecular formula is C13H6BrF3INO. The van der Waals surface area contributed by atoms with Gasteiger partial charge < -0.3 is 0 Å². The van der Waals surface area contributed by atoms with E-state index in [9.17, 15) is 18.0 Å². The van der Waals surface area contributed by atoms with Crippen LogP contribution in [0.1, 0.15) is 16.1 Å². The zero-order chi connectivity index (χ0) is 14.9. The highest BCUT2D eigenvalue weighted by atomic mass is 127. The van der Waals surface area contributed by atoms with Gasteiger partial charge in [0.05, 0.1) is 5.56 Å².